The first-order valence-corrected chi connectivity index (χ1v) is 7.21. The second-order valence-corrected chi connectivity index (χ2v) is 5.43. The van der Waals surface area contributed by atoms with Gasteiger partial charge in [-0.1, -0.05) is 29.3 Å². The Kier molecular flexibility index (Phi) is 4.99. The highest BCUT2D eigenvalue weighted by Gasteiger charge is 2.16. The van der Waals surface area contributed by atoms with Gasteiger partial charge in [0.15, 0.2) is 0 Å². The van der Waals surface area contributed by atoms with E-state index in [0.29, 0.717) is 0 Å². The number of methoxy groups -OCH3 is 1. The Morgan fingerprint density at radius 1 is 1.05 bits per heavy atom. The summed E-state index contributed by atoms with van der Waals surface area (Å²) >= 11 is 0. The molecule has 0 aromatic heterocycles. The molecule has 0 fully saturated rings. The molecule has 0 saturated carbocycles. The van der Waals surface area contributed by atoms with Gasteiger partial charge in [-0.15, -0.1) is 0 Å². The number of amides is 1. The van der Waals surface area contributed by atoms with Crippen molar-refractivity contribution in [3.05, 3.63) is 65.7 Å². The lowest BCUT2D eigenvalue weighted by molar-refractivity contribution is -0.113. The lowest BCUT2D eigenvalue weighted by Gasteiger charge is -2.22. The second-order valence-electron chi connectivity index (χ2n) is 5.43. The fraction of sp³-hybridized carbons (Fsp3) is 0.211. The summed E-state index contributed by atoms with van der Waals surface area (Å²) in [5, 5.41) is 0. The van der Waals surface area contributed by atoms with Crippen molar-refractivity contribution in [1.82, 2.24) is 0 Å². The van der Waals surface area contributed by atoms with Gasteiger partial charge < -0.3 is 4.74 Å². The molecule has 0 bridgehead atoms. The quantitative estimate of drug-likeness (QED) is 0.769. The van der Waals surface area contributed by atoms with Crippen LogP contribution in [0.1, 0.15) is 19.4 Å². The van der Waals surface area contributed by atoms with Crippen LogP contribution in [-0.4, -0.2) is 13.0 Å². The zero-order chi connectivity index (χ0) is 16.1. The van der Waals surface area contributed by atoms with E-state index in [1.165, 1.54) is 0 Å². The number of nitrogens with zero attached hydrogens (tertiary/aromatic N) is 1. The summed E-state index contributed by atoms with van der Waals surface area (Å²) in [4.78, 5) is 14.3. The molecule has 2 aromatic carbocycles. The number of anilines is 2. The minimum Gasteiger partial charge on any atom is -0.497 e. The molecule has 0 unspecified atom stereocenters. The van der Waals surface area contributed by atoms with Crippen LogP contribution in [0.25, 0.3) is 0 Å². The third-order valence-electron chi connectivity index (χ3n) is 3.24. The second kappa shape index (κ2) is 6.94. The van der Waals surface area contributed by atoms with Crippen LogP contribution in [0.2, 0.25) is 0 Å². The number of aryl methyl sites for hydroxylation is 1. The van der Waals surface area contributed by atoms with Gasteiger partial charge in [0, 0.05) is 17.8 Å². The maximum Gasteiger partial charge on any atom is 0.255 e. The zero-order valence-electron chi connectivity index (χ0n) is 13.5. The van der Waals surface area contributed by atoms with E-state index in [-0.39, 0.29) is 5.91 Å². The van der Waals surface area contributed by atoms with Crippen molar-refractivity contribution in [3.63, 3.8) is 0 Å². The number of carbonyl (C=O) groups is 1. The molecule has 3 nitrogen and oxygen atoms in total. The van der Waals surface area contributed by atoms with Crippen molar-refractivity contribution in [1.29, 1.82) is 0 Å². The van der Waals surface area contributed by atoms with Crippen molar-refractivity contribution >= 4 is 17.3 Å². The molecule has 0 radical (unpaired) electrons. The Morgan fingerprint density at radius 3 is 2.32 bits per heavy atom. The van der Waals surface area contributed by atoms with E-state index in [9.17, 15) is 4.79 Å². The van der Waals surface area contributed by atoms with Crippen LogP contribution in [0.4, 0.5) is 11.4 Å². The highest BCUT2D eigenvalue weighted by molar-refractivity contribution is 6.07. The van der Waals surface area contributed by atoms with Crippen LogP contribution < -0.4 is 9.64 Å². The van der Waals surface area contributed by atoms with Crippen molar-refractivity contribution < 1.29 is 9.53 Å². The summed E-state index contributed by atoms with van der Waals surface area (Å²) in [5.41, 5.74) is 3.74. The van der Waals surface area contributed by atoms with E-state index >= 15 is 0 Å². The summed E-state index contributed by atoms with van der Waals surface area (Å²) in [7, 11) is 1.62. The molecule has 1 amide bonds. The fourth-order valence-corrected chi connectivity index (χ4v) is 2.16. The minimum absolute atomic E-state index is 0.0721. The molecule has 2 rings (SSSR count). The molecule has 0 aliphatic carbocycles. The van der Waals surface area contributed by atoms with E-state index in [1.54, 1.807) is 18.1 Å². The number of allylic oxidation sites excluding steroid dienone is 1. The van der Waals surface area contributed by atoms with E-state index in [1.807, 2.05) is 69.3 Å². The van der Waals surface area contributed by atoms with Crippen molar-refractivity contribution in [2.24, 2.45) is 0 Å². The third-order valence-corrected chi connectivity index (χ3v) is 3.24. The van der Waals surface area contributed by atoms with Crippen molar-refractivity contribution in [2.45, 2.75) is 20.8 Å². The van der Waals surface area contributed by atoms with Gasteiger partial charge in [0.2, 0.25) is 0 Å². The topological polar surface area (TPSA) is 29.5 Å². The smallest absolute Gasteiger partial charge is 0.255 e. The van der Waals surface area contributed by atoms with Crippen LogP contribution in [0.3, 0.4) is 0 Å². The molecule has 0 spiro atoms. The molecular formula is C19H21NO2. The van der Waals surface area contributed by atoms with E-state index in [4.69, 9.17) is 4.74 Å². The first-order valence-electron chi connectivity index (χ1n) is 7.21. The van der Waals surface area contributed by atoms with Crippen molar-refractivity contribution in [2.75, 3.05) is 12.0 Å². The lowest BCUT2D eigenvalue weighted by atomic mass is 10.1. The summed E-state index contributed by atoms with van der Waals surface area (Å²) in [6.45, 7) is 5.85. The Bertz CT molecular complexity index is 683. The SMILES string of the molecule is COc1cccc(N(C(=O)C=C(C)C)c2ccc(C)cc2)c1. The normalized spacial score (nSPS) is 10.0. The Morgan fingerprint density at radius 2 is 1.73 bits per heavy atom. The summed E-state index contributed by atoms with van der Waals surface area (Å²) in [6.07, 6.45) is 1.64. The first kappa shape index (κ1) is 15.8. The minimum atomic E-state index is -0.0721. The molecule has 2 aromatic rings. The number of carbonyl (C=O) groups excluding carboxylic acids is 1. The standard InChI is InChI=1S/C19H21NO2/c1-14(2)12-19(21)20(16-10-8-15(3)9-11-16)17-6-5-7-18(13-17)22-4/h5-13H,1-4H3. The number of hydrogen-bond donors (Lipinski definition) is 0. The van der Waals surface area contributed by atoms with Crippen LogP contribution in [0.5, 0.6) is 5.75 Å². The lowest BCUT2D eigenvalue weighted by Crippen LogP contribution is -2.24. The molecule has 0 N–H and O–H groups in total. The van der Waals surface area contributed by atoms with Crippen LogP contribution >= 0.6 is 0 Å². The average Bonchev–Trinajstić information content (AvgIpc) is 2.49. The van der Waals surface area contributed by atoms with Crippen LogP contribution in [-0.2, 0) is 4.79 Å². The Balaban J connectivity index is 2.51. The van der Waals surface area contributed by atoms with Gasteiger partial charge in [0.05, 0.1) is 12.8 Å². The fourth-order valence-electron chi connectivity index (χ4n) is 2.16. The van der Waals surface area contributed by atoms with E-state index in [2.05, 4.69) is 0 Å². The zero-order valence-corrected chi connectivity index (χ0v) is 13.5. The third kappa shape index (κ3) is 3.76. The van der Waals surface area contributed by atoms with Gasteiger partial charge in [0.25, 0.3) is 5.91 Å². The van der Waals surface area contributed by atoms with Crippen LogP contribution in [0.15, 0.2) is 60.2 Å². The number of benzene rings is 2. The van der Waals surface area contributed by atoms with Gasteiger partial charge >= 0.3 is 0 Å². The molecule has 3 heteroatoms. The van der Waals surface area contributed by atoms with Crippen molar-refractivity contribution in [3.8, 4) is 5.75 Å². The largest absolute Gasteiger partial charge is 0.497 e. The maximum absolute atomic E-state index is 12.6. The van der Waals surface area contributed by atoms with Gasteiger partial charge in [-0.2, -0.15) is 0 Å². The summed E-state index contributed by atoms with van der Waals surface area (Å²) < 4.78 is 5.27. The first-order chi connectivity index (χ1) is 10.5. The van der Waals surface area contributed by atoms with Crippen LogP contribution in [0, 0.1) is 6.92 Å². The summed E-state index contributed by atoms with van der Waals surface area (Å²) in [5.74, 6) is 0.650. The van der Waals surface area contributed by atoms with Gasteiger partial charge in [0.1, 0.15) is 5.75 Å². The maximum atomic E-state index is 12.6. The molecule has 114 valence electrons. The number of hydrogen-bond acceptors (Lipinski definition) is 2. The summed E-state index contributed by atoms with van der Waals surface area (Å²) in [6, 6.07) is 15.4. The van der Waals surface area contributed by atoms with Gasteiger partial charge in [-0.05, 0) is 45.0 Å². The molecule has 0 atom stereocenters. The van der Waals surface area contributed by atoms with Gasteiger partial charge in [-0.25, -0.2) is 0 Å². The predicted molar refractivity (Wildman–Crippen MR) is 90.8 cm³/mol. The molecular weight excluding hydrogens is 274 g/mol. The van der Waals surface area contributed by atoms with E-state index in [0.717, 1.165) is 28.3 Å². The highest BCUT2D eigenvalue weighted by atomic mass is 16.5. The molecule has 0 heterocycles. The Hall–Kier alpha value is -2.55. The molecule has 0 aliphatic heterocycles. The molecule has 0 saturated heterocycles. The monoisotopic (exact) mass is 295 g/mol. The Labute approximate surface area is 131 Å². The molecule has 0 aliphatic rings. The predicted octanol–water partition coefficient (Wildman–Crippen LogP) is 4.63. The number of rotatable bonds is 4. The number of ether oxygens (including phenoxy) is 1. The highest BCUT2D eigenvalue weighted by Crippen LogP contribution is 2.29. The van der Waals surface area contributed by atoms with Gasteiger partial charge in [-0.3, -0.25) is 9.69 Å². The van der Waals surface area contributed by atoms with E-state index < -0.39 is 0 Å². The molecule has 22 heavy (non-hydrogen) atoms. The average molecular weight is 295 g/mol.